The molecule has 0 aromatic heterocycles. The Morgan fingerprint density at radius 2 is 2.13 bits per heavy atom. The van der Waals surface area contributed by atoms with Gasteiger partial charge in [-0.25, -0.2) is 4.79 Å². The molecular formula is C11H16N2O2. The lowest BCUT2D eigenvalue weighted by molar-refractivity contribution is 0.196. The third-order valence-electron chi connectivity index (χ3n) is 2.05. The van der Waals surface area contributed by atoms with Crippen LogP contribution in [0.5, 0.6) is 5.75 Å². The van der Waals surface area contributed by atoms with E-state index in [1.54, 1.807) is 12.1 Å². The van der Waals surface area contributed by atoms with E-state index in [-0.39, 0.29) is 6.04 Å². The van der Waals surface area contributed by atoms with E-state index in [0.29, 0.717) is 12.3 Å². The molecule has 0 heterocycles. The monoisotopic (exact) mass is 208 g/mol. The van der Waals surface area contributed by atoms with Gasteiger partial charge in [-0.05, 0) is 18.6 Å². The van der Waals surface area contributed by atoms with E-state index in [2.05, 4.69) is 5.32 Å². The summed E-state index contributed by atoms with van der Waals surface area (Å²) in [5, 5.41) is 2.68. The zero-order valence-electron chi connectivity index (χ0n) is 8.77. The standard InChI is InChI=1S/C11H16N2O2/c1-2-9(8-12)13-11(14)15-10-6-4-3-5-7-10/h3-7,9H,2,8,12H2,1H3,(H,13,14). The molecule has 1 amide bonds. The molecule has 4 nitrogen and oxygen atoms in total. The van der Waals surface area contributed by atoms with Crippen LogP contribution in [-0.4, -0.2) is 18.7 Å². The van der Waals surface area contributed by atoms with Crippen LogP contribution < -0.4 is 15.8 Å². The van der Waals surface area contributed by atoms with Gasteiger partial charge in [0, 0.05) is 12.6 Å². The fourth-order valence-electron chi connectivity index (χ4n) is 1.12. The van der Waals surface area contributed by atoms with Crippen molar-refractivity contribution in [2.24, 2.45) is 5.73 Å². The molecule has 1 unspecified atom stereocenters. The largest absolute Gasteiger partial charge is 0.412 e. The summed E-state index contributed by atoms with van der Waals surface area (Å²) in [6.45, 7) is 2.38. The van der Waals surface area contributed by atoms with Gasteiger partial charge in [0.25, 0.3) is 0 Å². The van der Waals surface area contributed by atoms with Crippen LogP contribution in [0, 0.1) is 0 Å². The van der Waals surface area contributed by atoms with Crippen LogP contribution in [0.25, 0.3) is 0 Å². The summed E-state index contributed by atoms with van der Waals surface area (Å²) in [7, 11) is 0. The normalized spacial score (nSPS) is 11.9. The number of hydrogen-bond donors (Lipinski definition) is 2. The Labute approximate surface area is 89.4 Å². The maximum Gasteiger partial charge on any atom is 0.412 e. The summed E-state index contributed by atoms with van der Waals surface area (Å²) >= 11 is 0. The Morgan fingerprint density at radius 1 is 1.47 bits per heavy atom. The first kappa shape index (κ1) is 11.5. The third-order valence-corrected chi connectivity index (χ3v) is 2.05. The molecule has 0 saturated carbocycles. The number of hydrogen-bond acceptors (Lipinski definition) is 3. The summed E-state index contributed by atoms with van der Waals surface area (Å²) in [4.78, 5) is 11.4. The highest BCUT2D eigenvalue weighted by molar-refractivity contribution is 5.70. The molecule has 0 bridgehead atoms. The minimum absolute atomic E-state index is 0.0267. The van der Waals surface area contributed by atoms with Crippen LogP contribution in [-0.2, 0) is 0 Å². The number of ether oxygens (including phenoxy) is 1. The lowest BCUT2D eigenvalue weighted by atomic mass is 10.2. The van der Waals surface area contributed by atoms with E-state index in [4.69, 9.17) is 10.5 Å². The van der Waals surface area contributed by atoms with Gasteiger partial charge in [-0.2, -0.15) is 0 Å². The van der Waals surface area contributed by atoms with E-state index in [0.717, 1.165) is 6.42 Å². The van der Waals surface area contributed by atoms with Crippen molar-refractivity contribution in [3.8, 4) is 5.75 Å². The quantitative estimate of drug-likeness (QED) is 0.788. The van der Waals surface area contributed by atoms with E-state index >= 15 is 0 Å². The topological polar surface area (TPSA) is 64.3 Å². The van der Waals surface area contributed by atoms with Crippen molar-refractivity contribution in [2.75, 3.05) is 6.54 Å². The lowest BCUT2D eigenvalue weighted by Gasteiger charge is -2.14. The molecule has 0 spiro atoms. The molecule has 82 valence electrons. The number of amides is 1. The third kappa shape index (κ3) is 3.99. The average Bonchev–Trinajstić information content (AvgIpc) is 2.27. The number of carbonyl (C=O) groups is 1. The van der Waals surface area contributed by atoms with Gasteiger partial charge in [0.2, 0.25) is 0 Å². The molecule has 0 radical (unpaired) electrons. The van der Waals surface area contributed by atoms with E-state index < -0.39 is 6.09 Å². The average molecular weight is 208 g/mol. The SMILES string of the molecule is CCC(CN)NC(=O)Oc1ccccc1. The Balaban J connectivity index is 2.43. The highest BCUT2D eigenvalue weighted by atomic mass is 16.6. The van der Waals surface area contributed by atoms with Gasteiger partial charge >= 0.3 is 6.09 Å². The van der Waals surface area contributed by atoms with Gasteiger partial charge in [-0.3, -0.25) is 0 Å². The van der Waals surface area contributed by atoms with Crippen molar-refractivity contribution in [1.29, 1.82) is 0 Å². The minimum atomic E-state index is -0.460. The maximum atomic E-state index is 11.4. The molecular weight excluding hydrogens is 192 g/mol. The lowest BCUT2D eigenvalue weighted by Crippen LogP contribution is -2.41. The van der Waals surface area contributed by atoms with Crippen molar-refractivity contribution in [3.63, 3.8) is 0 Å². The highest BCUT2D eigenvalue weighted by Crippen LogP contribution is 2.08. The molecule has 1 aromatic rings. The molecule has 15 heavy (non-hydrogen) atoms. The van der Waals surface area contributed by atoms with Crippen LogP contribution in [0.2, 0.25) is 0 Å². The zero-order valence-corrected chi connectivity index (χ0v) is 8.77. The van der Waals surface area contributed by atoms with Gasteiger partial charge in [0.05, 0.1) is 0 Å². The van der Waals surface area contributed by atoms with Crippen LogP contribution in [0.4, 0.5) is 4.79 Å². The fourth-order valence-corrected chi connectivity index (χ4v) is 1.12. The summed E-state index contributed by atoms with van der Waals surface area (Å²) in [5.74, 6) is 0.530. The van der Waals surface area contributed by atoms with Crippen LogP contribution in [0.3, 0.4) is 0 Å². The van der Waals surface area contributed by atoms with Crippen LogP contribution in [0.1, 0.15) is 13.3 Å². The second-order valence-corrected chi connectivity index (χ2v) is 3.19. The first-order valence-electron chi connectivity index (χ1n) is 4.99. The summed E-state index contributed by atoms with van der Waals surface area (Å²) in [6, 6.07) is 8.90. The molecule has 3 N–H and O–H groups in total. The molecule has 0 fully saturated rings. The number of carbonyl (C=O) groups excluding carboxylic acids is 1. The Kier molecular flexibility index (Phi) is 4.63. The van der Waals surface area contributed by atoms with Gasteiger partial charge in [0.15, 0.2) is 0 Å². The predicted octanol–water partition coefficient (Wildman–Crippen LogP) is 1.51. The van der Waals surface area contributed by atoms with Crippen molar-refractivity contribution in [1.82, 2.24) is 5.32 Å². The summed E-state index contributed by atoms with van der Waals surface area (Å²) in [6.07, 6.45) is 0.332. The van der Waals surface area contributed by atoms with Gasteiger partial charge < -0.3 is 15.8 Å². The molecule has 1 aromatic carbocycles. The van der Waals surface area contributed by atoms with Crippen LogP contribution >= 0.6 is 0 Å². The first-order valence-corrected chi connectivity index (χ1v) is 4.99. The molecule has 0 aliphatic rings. The Morgan fingerprint density at radius 3 is 2.67 bits per heavy atom. The fraction of sp³-hybridized carbons (Fsp3) is 0.364. The molecule has 0 aliphatic heterocycles. The first-order chi connectivity index (χ1) is 7.26. The molecule has 1 rings (SSSR count). The second-order valence-electron chi connectivity index (χ2n) is 3.19. The molecule has 0 saturated heterocycles. The van der Waals surface area contributed by atoms with Gasteiger partial charge in [-0.15, -0.1) is 0 Å². The van der Waals surface area contributed by atoms with E-state index in [1.807, 2.05) is 25.1 Å². The van der Waals surface area contributed by atoms with Crippen molar-refractivity contribution < 1.29 is 9.53 Å². The minimum Gasteiger partial charge on any atom is -0.410 e. The van der Waals surface area contributed by atoms with Crippen molar-refractivity contribution in [3.05, 3.63) is 30.3 Å². The number of nitrogens with one attached hydrogen (secondary N) is 1. The second kappa shape index (κ2) is 6.03. The van der Waals surface area contributed by atoms with Crippen molar-refractivity contribution >= 4 is 6.09 Å². The van der Waals surface area contributed by atoms with Gasteiger partial charge in [-0.1, -0.05) is 25.1 Å². The predicted molar refractivity (Wildman–Crippen MR) is 58.7 cm³/mol. The highest BCUT2D eigenvalue weighted by Gasteiger charge is 2.09. The number of benzene rings is 1. The van der Waals surface area contributed by atoms with Crippen molar-refractivity contribution in [2.45, 2.75) is 19.4 Å². The molecule has 0 aliphatic carbocycles. The molecule has 4 heteroatoms. The van der Waals surface area contributed by atoms with E-state index in [9.17, 15) is 4.79 Å². The van der Waals surface area contributed by atoms with Gasteiger partial charge in [0.1, 0.15) is 5.75 Å². The number of para-hydroxylation sites is 1. The maximum absolute atomic E-state index is 11.4. The summed E-state index contributed by atoms with van der Waals surface area (Å²) in [5.41, 5.74) is 5.45. The zero-order chi connectivity index (χ0) is 11.1. The van der Waals surface area contributed by atoms with Crippen LogP contribution in [0.15, 0.2) is 30.3 Å². The van der Waals surface area contributed by atoms with E-state index in [1.165, 1.54) is 0 Å². The Bertz CT molecular complexity index is 297. The Hall–Kier alpha value is -1.55. The number of nitrogens with two attached hydrogens (primary N) is 1. The summed E-state index contributed by atoms with van der Waals surface area (Å²) < 4.78 is 5.04. The smallest absolute Gasteiger partial charge is 0.410 e. The molecule has 1 atom stereocenters. The number of rotatable bonds is 4.